The quantitative estimate of drug-likeness (QED) is 0.913. The number of nitrogens with zero attached hydrogens (tertiary/aromatic N) is 4. The lowest BCUT2D eigenvalue weighted by molar-refractivity contribution is 0.191. The van der Waals surface area contributed by atoms with Gasteiger partial charge in [-0.1, -0.05) is 6.92 Å². The number of piperidine rings is 1. The lowest BCUT2D eigenvalue weighted by Crippen LogP contribution is -2.34. The van der Waals surface area contributed by atoms with Gasteiger partial charge in [-0.25, -0.2) is 9.50 Å². The normalized spacial score (nSPS) is 18.2. The molecule has 5 nitrogen and oxygen atoms in total. The van der Waals surface area contributed by atoms with E-state index in [9.17, 15) is 5.11 Å². The summed E-state index contributed by atoms with van der Waals surface area (Å²) >= 11 is 0. The molecule has 0 unspecified atom stereocenters. The van der Waals surface area contributed by atoms with Crippen molar-refractivity contribution in [3.8, 4) is 5.75 Å². The Balaban J connectivity index is 1.70. The van der Waals surface area contributed by atoms with Crippen molar-refractivity contribution in [2.45, 2.75) is 26.2 Å². The second-order valence-electron chi connectivity index (χ2n) is 5.27. The molecule has 0 spiro atoms. The summed E-state index contributed by atoms with van der Waals surface area (Å²) in [5.41, 5.74) is 0.559. The van der Waals surface area contributed by atoms with Gasteiger partial charge in [-0.3, -0.25) is 0 Å². The van der Waals surface area contributed by atoms with Crippen molar-refractivity contribution in [3.63, 3.8) is 0 Å². The van der Waals surface area contributed by atoms with E-state index in [2.05, 4.69) is 21.9 Å². The first-order chi connectivity index (χ1) is 9.26. The van der Waals surface area contributed by atoms with Crippen LogP contribution in [0.2, 0.25) is 0 Å². The van der Waals surface area contributed by atoms with Crippen LogP contribution in [0.3, 0.4) is 0 Å². The summed E-state index contributed by atoms with van der Waals surface area (Å²) in [5, 5.41) is 14.2. The minimum atomic E-state index is 0.196. The number of hydrogen-bond donors (Lipinski definition) is 1. The van der Waals surface area contributed by atoms with Gasteiger partial charge in [0.25, 0.3) is 0 Å². The zero-order chi connectivity index (χ0) is 13.2. The van der Waals surface area contributed by atoms with E-state index in [4.69, 9.17) is 0 Å². The lowest BCUT2D eigenvalue weighted by Gasteiger charge is -2.30. The van der Waals surface area contributed by atoms with Crippen molar-refractivity contribution in [1.29, 1.82) is 0 Å². The highest BCUT2D eigenvalue weighted by Crippen LogP contribution is 2.22. The highest BCUT2D eigenvalue weighted by Gasteiger charge is 2.20. The molecule has 1 N–H and O–H groups in total. The summed E-state index contributed by atoms with van der Waals surface area (Å²) in [6.45, 7) is 5.72. The molecule has 1 aliphatic rings. The molecule has 102 valence electrons. The molecular weight excluding hydrogens is 240 g/mol. The molecule has 3 heterocycles. The Kier molecular flexibility index (Phi) is 3.38. The second kappa shape index (κ2) is 5.17. The van der Waals surface area contributed by atoms with Crippen LogP contribution in [0, 0.1) is 5.92 Å². The van der Waals surface area contributed by atoms with Crippen molar-refractivity contribution in [3.05, 3.63) is 24.2 Å². The summed E-state index contributed by atoms with van der Waals surface area (Å²) in [7, 11) is 0. The first-order valence-electron chi connectivity index (χ1n) is 7.02. The van der Waals surface area contributed by atoms with Crippen LogP contribution in [0.15, 0.2) is 18.3 Å². The van der Waals surface area contributed by atoms with Crippen molar-refractivity contribution in [2.75, 3.05) is 19.6 Å². The number of aromatic nitrogens is 3. The van der Waals surface area contributed by atoms with Crippen LogP contribution in [0.1, 0.15) is 25.6 Å². The summed E-state index contributed by atoms with van der Waals surface area (Å²) in [4.78, 5) is 6.92. The summed E-state index contributed by atoms with van der Waals surface area (Å²) in [5.74, 6) is 1.71. The van der Waals surface area contributed by atoms with Crippen molar-refractivity contribution in [1.82, 2.24) is 19.5 Å². The van der Waals surface area contributed by atoms with Gasteiger partial charge in [0.15, 0.2) is 17.2 Å². The predicted octanol–water partition coefficient (Wildman–Crippen LogP) is 1.71. The fourth-order valence-corrected chi connectivity index (χ4v) is 2.79. The zero-order valence-corrected chi connectivity index (χ0v) is 11.3. The molecule has 0 amide bonds. The number of rotatable bonds is 3. The SMILES string of the molecule is CCN1CCC(Cc2nc3c(O)cccn3n2)CC1. The molecule has 0 radical (unpaired) electrons. The molecule has 1 aliphatic heterocycles. The number of hydrogen-bond acceptors (Lipinski definition) is 4. The molecule has 2 aromatic rings. The fraction of sp³-hybridized carbons (Fsp3) is 0.571. The molecule has 2 aromatic heterocycles. The van der Waals surface area contributed by atoms with Gasteiger partial charge in [0.05, 0.1) is 0 Å². The van der Waals surface area contributed by atoms with E-state index in [0.717, 1.165) is 18.8 Å². The van der Waals surface area contributed by atoms with Crippen LogP contribution in [-0.2, 0) is 6.42 Å². The maximum atomic E-state index is 9.73. The third kappa shape index (κ3) is 2.56. The minimum Gasteiger partial charge on any atom is -0.504 e. The Morgan fingerprint density at radius 2 is 2.16 bits per heavy atom. The molecule has 0 bridgehead atoms. The van der Waals surface area contributed by atoms with Crippen LogP contribution in [0.25, 0.3) is 5.65 Å². The van der Waals surface area contributed by atoms with Gasteiger partial charge in [-0.15, -0.1) is 0 Å². The fourth-order valence-electron chi connectivity index (χ4n) is 2.79. The molecule has 0 aliphatic carbocycles. The molecule has 0 saturated carbocycles. The topological polar surface area (TPSA) is 53.7 Å². The van der Waals surface area contributed by atoms with E-state index in [-0.39, 0.29) is 5.75 Å². The Bertz CT molecular complexity index is 558. The number of likely N-dealkylation sites (tertiary alicyclic amines) is 1. The standard InChI is InChI=1S/C14H20N4O/c1-2-17-8-5-11(6-9-17)10-13-15-14-12(19)4-3-7-18(14)16-13/h3-4,7,11,19H,2,5-6,8-10H2,1H3. The van der Waals surface area contributed by atoms with Crippen molar-refractivity contribution < 1.29 is 5.11 Å². The molecule has 1 fully saturated rings. The van der Waals surface area contributed by atoms with Gasteiger partial charge >= 0.3 is 0 Å². The highest BCUT2D eigenvalue weighted by molar-refractivity contribution is 5.51. The molecule has 0 aromatic carbocycles. The van der Waals surface area contributed by atoms with Crippen LogP contribution in [0.5, 0.6) is 5.75 Å². The third-order valence-corrected chi connectivity index (χ3v) is 4.01. The van der Waals surface area contributed by atoms with E-state index in [1.54, 1.807) is 16.6 Å². The monoisotopic (exact) mass is 260 g/mol. The van der Waals surface area contributed by atoms with Crippen molar-refractivity contribution >= 4 is 5.65 Å². The van der Waals surface area contributed by atoms with Gasteiger partial charge in [0.2, 0.25) is 0 Å². The molecule has 5 heteroatoms. The molecule has 0 atom stereocenters. The molecule has 1 saturated heterocycles. The third-order valence-electron chi connectivity index (χ3n) is 4.01. The maximum absolute atomic E-state index is 9.73. The van der Waals surface area contributed by atoms with Gasteiger partial charge in [-0.2, -0.15) is 5.10 Å². The lowest BCUT2D eigenvalue weighted by atomic mass is 9.93. The molecule has 3 rings (SSSR count). The van der Waals surface area contributed by atoms with Gasteiger partial charge in [0, 0.05) is 12.6 Å². The predicted molar refractivity (Wildman–Crippen MR) is 73.2 cm³/mol. The summed E-state index contributed by atoms with van der Waals surface area (Å²) in [6, 6.07) is 3.42. The minimum absolute atomic E-state index is 0.196. The first kappa shape index (κ1) is 12.4. The van der Waals surface area contributed by atoms with E-state index in [1.807, 2.05) is 6.20 Å². The van der Waals surface area contributed by atoms with Crippen LogP contribution >= 0.6 is 0 Å². The number of aromatic hydroxyl groups is 1. The van der Waals surface area contributed by atoms with E-state index in [0.29, 0.717) is 11.6 Å². The van der Waals surface area contributed by atoms with Crippen LogP contribution in [-0.4, -0.2) is 44.2 Å². The summed E-state index contributed by atoms with van der Waals surface area (Å²) in [6.07, 6.45) is 5.18. The number of fused-ring (bicyclic) bond motifs is 1. The molecule has 19 heavy (non-hydrogen) atoms. The van der Waals surface area contributed by atoms with Crippen molar-refractivity contribution in [2.24, 2.45) is 5.92 Å². The van der Waals surface area contributed by atoms with Gasteiger partial charge in [0.1, 0.15) is 0 Å². The van der Waals surface area contributed by atoms with Crippen LogP contribution < -0.4 is 0 Å². The Hall–Kier alpha value is -1.62. The Labute approximate surface area is 112 Å². The zero-order valence-electron chi connectivity index (χ0n) is 11.3. The smallest absolute Gasteiger partial charge is 0.197 e. The van der Waals surface area contributed by atoms with E-state index >= 15 is 0 Å². The van der Waals surface area contributed by atoms with E-state index in [1.165, 1.54) is 25.9 Å². The van der Waals surface area contributed by atoms with Gasteiger partial charge < -0.3 is 10.0 Å². The maximum Gasteiger partial charge on any atom is 0.197 e. The Morgan fingerprint density at radius 3 is 2.84 bits per heavy atom. The van der Waals surface area contributed by atoms with Crippen LogP contribution in [0.4, 0.5) is 0 Å². The first-order valence-corrected chi connectivity index (χ1v) is 7.02. The Morgan fingerprint density at radius 1 is 1.37 bits per heavy atom. The van der Waals surface area contributed by atoms with Gasteiger partial charge in [-0.05, 0) is 50.5 Å². The largest absolute Gasteiger partial charge is 0.504 e. The van der Waals surface area contributed by atoms with E-state index < -0.39 is 0 Å². The number of pyridine rings is 1. The molecular formula is C14H20N4O. The average molecular weight is 260 g/mol. The second-order valence-corrected chi connectivity index (χ2v) is 5.27. The summed E-state index contributed by atoms with van der Waals surface area (Å²) < 4.78 is 1.66. The highest BCUT2D eigenvalue weighted by atomic mass is 16.3. The average Bonchev–Trinajstić information content (AvgIpc) is 2.84.